The molecule has 1 aromatic carbocycles. The first-order valence-electron chi connectivity index (χ1n) is 5.78. The van der Waals surface area contributed by atoms with E-state index in [1.165, 1.54) is 11.8 Å². The van der Waals surface area contributed by atoms with Crippen molar-refractivity contribution in [2.45, 2.75) is 10.1 Å². The molecule has 0 saturated carbocycles. The third-order valence-electron chi connectivity index (χ3n) is 2.75. The van der Waals surface area contributed by atoms with Crippen molar-refractivity contribution in [1.82, 2.24) is 15.0 Å². The van der Waals surface area contributed by atoms with Gasteiger partial charge >= 0.3 is 0 Å². The number of rotatable bonds is 3. The number of hydrogen-bond donors (Lipinski definition) is 2. The van der Waals surface area contributed by atoms with E-state index in [4.69, 9.17) is 10.5 Å². The molecule has 0 spiro atoms. The highest BCUT2D eigenvalue weighted by molar-refractivity contribution is 9.10. The first kappa shape index (κ1) is 13.3. The highest BCUT2D eigenvalue weighted by Gasteiger charge is 2.11. The van der Waals surface area contributed by atoms with Crippen LogP contribution in [0.3, 0.4) is 0 Å². The summed E-state index contributed by atoms with van der Waals surface area (Å²) >= 11 is 4.91. The molecule has 0 bridgehead atoms. The molecular formula is C13H11BrN4OS. The molecule has 0 aliphatic rings. The number of hydrogen-bond acceptors (Lipinski definition) is 5. The monoisotopic (exact) mass is 350 g/mol. The molecule has 0 radical (unpaired) electrons. The van der Waals surface area contributed by atoms with Crippen LogP contribution in [0, 0.1) is 0 Å². The van der Waals surface area contributed by atoms with E-state index in [0.29, 0.717) is 5.69 Å². The van der Waals surface area contributed by atoms with Gasteiger partial charge in [0.25, 0.3) is 0 Å². The molecule has 2 heterocycles. The van der Waals surface area contributed by atoms with Crippen LogP contribution < -0.4 is 10.5 Å². The molecule has 0 unspecified atom stereocenters. The summed E-state index contributed by atoms with van der Waals surface area (Å²) in [6.45, 7) is 0. The van der Waals surface area contributed by atoms with Crippen LogP contribution in [0.25, 0.3) is 11.0 Å². The second-order valence-corrected chi connectivity index (χ2v) is 5.92. The number of pyridine rings is 1. The van der Waals surface area contributed by atoms with Crippen molar-refractivity contribution >= 4 is 44.4 Å². The van der Waals surface area contributed by atoms with Crippen molar-refractivity contribution in [3.8, 4) is 5.75 Å². The van der Waals surface area contributed by atoms with Gasteiger partial charge in [-0.1, -0.05) is 0 Å². The van der Waals surface area contributed by atoms with Crippen LogP contribution in [0.15, 0.2) is 45.1 Å². The number of methoxy groups -OCH3 is 1. The van der Waals surface area contributed by atoms with Crippen molar-refractivity contribution in [2.24, 2.45) is 0 Å². The van der Waals surface area contributed by atoms with Gasteiger partial charge in [0.05, 0.1) is 39.4 Å². The molecule has 3 N–H and O–H groups in total. The standard InChI is InChI=1S/C13H11BrN4OS/c1-19-7-2-3-10-11(4-7)18-13(17-10)20-12-8(14)5-16-6-9(12)15/h2-6H,15H2,1H3,(H,17,18). The SMILES string of the molecule is COc1ccc2nc(Sc3c(N)cncc3Br)[nH]c2c1. The number of fused-ring (bicyclic) bond motifs is 1. The number of halogens is 1. The Bertz CT molecular complexity index is 754. The van der Waals surface area contributed by atoms with Gasteiger partial charge < -0.3 is 15.5 Å². The van der Waals surface area contributed by atoms with E-state index in [1.54, 1.807) is 19.5 Å². The quantitative estimate of drug-likeness (QED) is 0.756. The molecule has 102 valence electrons. The zero-order chi connectivity index (χ0) is 14.1. The van der Waals surface area contributed by atoms with Crippen molar-refractivity contribution in [1.29, 1.82) is 0 Å². The molecule has 7 heteroatoms. The first-order chi connectivity index (χ1) is 9.67. The van der Waals surface area contributed by atoms with Crippen LogP contribution in [-0.2, 0) is 0 Å². The number of aromatic amines is 1. The second kappa shape index (κ2) is 5.34. The zero-order valence-corrected chi connectivity index (χ0v) is 13.0. The molecule has 0 aliphatic heterocycles. The van der Waals surface area contributed by atoms with Crippen LogP contribution in [0.4, 0.5) is 5.69 Å². The summed E-state index contributed by atoms with van der Waals surface area (Å²) in [5.74, 6) is 0.794. The third kappa shape index (κ3) is 2.46. The summed E-state index contributed by atoms with van der Waals surface area (Å²) in [6, 6.07) is 5.71. The first-order valence-corrected chi connectivity index (χ1v) is 7.39. The Morgan fingerprint density at radius 3 is 2.95 bits per heavy atom. The van der Waals surface area contributed by atoms with Crippen molar-refractivity contribution in [3.63, 3.8) is 0 Å². The number of nitrogen functional groups attached to an aromatic ring is 1. The highest BCUT2D eigenvalue weighted by atomic mass is 79.9. The Balaban J connectivity index is 1.99. The number of anilines is 1. The Hall–Kier alpha value is -1.73. The number of imidazole rings is 1. The minimum atomic E-state index is 0.613. The minimum Gasteiger partial charge on any atom is -0.497 e. The summed E-state index contributed by atoms with van der Waals surface area (Å²) in [5.41, 5.74) is 8.36. The summed E-state index contributed by atoms with van der Waals surface area (Å²) in [4.78, 5) is 12.7. The fraction of sp³-hybridized carbons (Fsp3) is 0.0769. The van der Waals surface area contributed by atoms with Crippen LogP contribution in [0.2, 0.25) is 0 Å². The largest absolute Gasteiger partial charge is 0.497 e. The Morgan fingerprint density at radius 1 is 1.35 bits per heavy atom. The number of nitrogens with two attached hydrogens (primary N) is 1. The summed E-state index contributed by atoms with van der Waals surface area (Å²) in [5, 5.41) is 0.770. The molecule has 3 rings (SSSR count). The van der Waals surface area contributed by atoms with Gasteiger partial charge in [-0.25, -0.2) is 4.98 Å². The predicted octanol–water partition coefficient (Wildman–Crippen LogP) is 3.46. The van der Waals surface area contributed by atoms with Crippen LogP contribution in [-0.4, -0.2) is 22.1 Å². The Kier molecular flexibility index (Phi) is 3.54. The van der Waals surface area contributed by atoms with E-state index < -0.39 is 0 Å². The third-order valence-corrected chi connectivity index (χ3v) is 4.66. The van der Waals surface area contributed by atoms with Gasteiger partial charge in [-0.3, -0.25) is 4.98 Å². The predicted molar refractivity (Wildman–Crippen MR) is 83.1 cm³/mol. The van der Waals surface area contributed by atoms with Crippen LogP contribution >= 0.6 is 27.7 Å². The maximum absolute atomic E-state index is 5.93. The van der Waals surface area contributed by atoms with Gasteiger partial charge in [0.15, 0.2) is 5.16 Å². The van der Waals surface area contributed by atoms with Gasteiger partial charge in [-0.15, -0.1) is 0 Å². The second-order valence-electron chi connectivity index (χ2n) is 4.07. The number of ether oxygens (including phenoxy) is 1. The molecule has 0 fully saturated rings. The van der Waals surface area contributed by atoms with E-state index in [2.05, 4.69) is 30.9 Å². The molecular weight excluding hydrogens is 340 g/mol. The number of aromatic nitrogens is 3. The van der Waals surface area contributed by atoms with Crippen molar-refractivity contribution in [2.75, 3.05) is 12.8 Å². The van der Waals surface area contributed by atoms with Gasteiger partial charge in [-0.2, -0.15) is 0 Å². The Morgan fingerprint density at radius 2 is 2.20 bits per heavy atom. The molecule has 0 amide bonds. The van der Waals surface area contributed by atoms with Crippen LogP contribution in [0.1, 0.15) is 0 Å². The maximum atomic E-state index is 5.93. The van der Waals surface area contributed by atoms with E-state index in [0.717, 1.165) is 31.3 Å². The lowest BCUT2D eigenvalue weighted by atomic mass is 10.3. The van der Waals surface area contributed by atoms with Gasteiger partial charge in [0.2, 0.25) is 0 Å². The zero-order valence-electron chi connectivity index (χ0n) is 10.6. The van der Waals surface area contributed by atoms with Gasteiger partial charge in [-0.05, 0) is 39.8 Å². The molecule has 0 saturated heterocycles. The Labute approximate surface area is 128 Å². The van der Waals surface area contributed by atoms with Crippen molar-refractivity contribution < 1.29 is 4.74 Å². The smallest absolute Gasteiger partial charge is 0.171 e. The molecule has 5 nitrogen and oxygen atoms in total. The van der Waals surface area contributed by atoms with Crippen LogP contribution in [0.5, 0.6) is 5.75 Å². The van der Waals surface area contributed by atoms with Gasteiger partial charge in [0.1, 0.15) is 5.75 Å². The fourth-order valence-electron chi connectivity index (χ4n) is 1.78. The summed E-state index contributed by atoms with van der Waals surface area (Å²) in [7, 11) is 1.64. The normalized spacial score (nSPS) is 10.9. The van der Waals surface area contributed by atoms with Crippen molar-refractivity contribution in [3.05, 3.63) is 35.1 Å². The lowest BCUT2D eigenvalue weighted by Gasteiger charge is -2.04. The van der Waals surface area contributed by atoms with E-state index in [-0.39, 0.29) is 0 Å². The molecule has 20 heavy (non-hydrogen) atoms. The molecule has 0 atom stereocenters. The number of nitrogens with one attached hydrogen (secondary N) is 1. The lowest BCUT2D eigenvalue weighted by Crippen LogP contribution is -1.91. The topological polar surface area (TPSA) is 76.8 Å². The minimum absolute atomic E-state index is 0.613. The van der Waals surface area contributed by atoms with E-state index in [1.807, 2.05) is 18.2 Å². The maximum Gasteiger partial charge on any atom is 0.171 e. The number of H-pyrrole nitrogens is 1. The average Bonchev–Trinajstić information content (AvgIpc) is 2.84. The van der Waals surface area contributed by atoms with E-state index in [9.17, 15) is 0 Å². The van der Waals surface area contributed by atoms with E-state index >= 15 is 0 Å². The summed E-state index contributed by atoms with van der Waals surface area (Å²) in [6.07, 6.45) is 3.34. The van der Waals surface area contributed by atoms with Gasteiger partial charge in [0, 0.05) is 12.3 Å². The molecule has 3 aromatic rings. The molecule has 2 aromatic heterocycles. The highest BCUT2D eigenvalue weighted by Crippen LogP contribution is 2.36. The molecule has 0 aliphatic carbocycles. The lowest BCUT2D eigenvalue weighted by molar-refractivity contribution is 0.415. The average molecular weight is 351 g/mol. The fourth-order valence-corrected chi connectivity index (χ4v) is 3.19. The summed E-state index contributed by atoms with van der Waals surface area (Å²) < 4.78 is 6.05. The number of nitrogens with zero attached hydrogens (tertiary/aromatic N) is 2. The number of benzene rings is 1.